The molecular formula is C10H15BrClN3O. The third-order valence-electron chi connectivity index (χ3n) is 2.31. The van der Waals surface area contributed by atoms with Gasteiger partial charge in [-0.25, -0.2) is 9.97 Å². The average Bonchev–Trinajstić information content (AvgIpc) is 2.23. The first-order valence-corrected chi connectivity index (χ1v) is 6.26. The molecule has 1 atom stereocenters. The molecule has 0 bridgehead atoms. The lowest BCUT2D eigenvalue weighted by Crippen LogP contribution is -2.27. The van der Waals surface area contributed by atoms with Crippen molar-refractivity contribution in [1.29, 1.82) is 0 Å². The van der Waals surface area contributed by atoms with Crippen molar-refractivity contribution >= 4 is 33.3 Å². The van der Waals surface area contributed by atoms with Crippen LogP contribution in [0.4, 0.5) is 5.82 Å². The number of halogens is 2. The summed E-state index contributed by atoms with van der Waals surface area (Å²) in [6.07, 6.45) is 2.08. The van der Waals surface area contributed by atoms with Gasteiger partial charge in [-0.15, -0.1) is 0 Å². The minimum atomic E-state index is 0.145. The highest BCUT2D eigenvalue weighted by molar-refractivity contribution is 9.10. The number of nitrogens with one attached hydrogen (secondary N) is 1. The zero-order valence-electron chi connectivity index (χ0n) is 9.24. The van der Waals surface area contributed by atoms with Crippen molar-refractivity contribution in [3.8, 4) is 0 Å². The summed E-state index contributed by atoms with van der Waals surface area (Å²) in [5.41, 5.74) is 0. The number of hydrogen-bond donors (Lipinski definition) is 2. The molecule has 90 valence electrons. The van der Waals surface area contributed by atoms with Crippen LogP contribution in [0.1, 0.15) is 20.3 Å². The van der Waals surface area contributed by atoms with E-state index >= 15 is 0 Å². The molecule has 0 aliphatic heterocycles. The normalized spacial score (nSPS) is 12.9. The lowest BCUT2D eigenvalue weighted by molar-refractivity contribution is 0.267. The fraction of sp³-hybridized carbons (Fsp3) is 0.600. The number of rotatable bonds is 5. The predicted octanol–water partition coefficient (Wildman–Crippen LogP) is 2.71. The molecule has 1 heterocycles. The highest BCUT2D eigenvalue weighted by Gasteiger charge is 2.15. The Kier molecular flexibility index (Phi) is 5.44. The molecule has 0 spiro atoms. The predicted molar refractivity (Wildman–Crippen MR) is 68.7 cm³/mol. The number of aromatic nitrogens is 2. The van der Waals surface area contributed by atoms with Crippen LogP contribution >= 0.6 is 27.5 Å². The molecular weight excluding hydrogens is 293 g/mol. The van der Waals surface area contributed by atoms with E-state index in [1.165, 1.54) is 6.33 Å². The van der Waals surface area contributed by atoms with Gasteiger partial charge in [0, 0.05) is 12.6 Å². The summed E-state index contributed by atoms with van der Waals surface area (Å²) in [5, 5.41) is 12.6. The number of nitrogens with zero attached hydrogens (tertiary/aromatic N) is 2. The number of hydrogen-bond acceptors (Lipinski definition) is 4. The topological polar surface area (TPSA) is 58.0 Å². The minimum Gasteiger partial charge on any atom is -0.396 e. The van der Waals surface area contributed by atoms with Gasteiger partial charge in [-0.2, -0.15) is 0 Å². The molecule has 1 aromatic heterocycles. The molecule has 0 aliphatic carbocycles. The lowest BCUT2D eigenvalue weighted by atomic mass is 10.0. The third kappa shape index (κ3) is 3.57. The van der Waals surface area contributed by atoms with Crippen LogP contribution in [0.2, 0.25) is 5.15 Å². The summed E-state index contributed by atoms with van der Waals surface area (Å²) in [6, 6.07) is 0.160. The summed E-state index contributed by atoms with van der Waals surface area (Å²) in [4.78, 5) is 7.96. The fourth-order valence-corrected chi connectivity index (χ4v) is 1.79. The van der Waals surface area contributed by atoms with Crippen LogP contribution in [0.5, 0.6) is 0 Å². The highest BCUT2D eigenvalue weighted by Crippen LogP contribution is 2.27. The monoisotopic (exact) mass is 307 g/mol. The van der Waals surface area contributed by atoms with Crippen molar-refractivity contribution < 1.29 is 5.11 Å². The van der Waals surface area contributed by atoms with Crippen LogP contribution in [0.15, 0.2) is 10.8 Å². The van der Waals surface area contributed by atoms with E-state index in [-0.39, 0.29) is 12.6 Å². The second-order valence-corrected chi connectivity index (χ2v) is 4.99. The fourth-order valence-electron chi connectivity index (χ4n) is 1.34. The molecule has 2 N–H and O–H groups in total. The highest BCUT2D eigenvalue weighted by atomic mass is 79.9. The Morgan fingerprint density at radius 1 is 1.50 bits per heavy atom. The van der Waals surface area contributed by atoms with E-state index in [0.717, 1.165) is 0 Å². The second-order valence-electron chi connectivity index (χ2n) is 3.83. The standard InChI is InChI=1S/C10H15BrClN3O/c1-6(2)7(3-4-16)15-10-8(11)9(12)13-5-14-10/h5-7,16H,3-4H2,1-2H3,(H,13,14,15). The van der Waals surface area contributed by atoms with Crippen LogP contribution in [-0.4, -0.2) is 27.7 Å². The molecule has 6 heteroatoms. The Morgan fingerprint density at radius 3 is 2.75 bits per heavy atom. The van der Waals surface area contributed by atoms with Crippen molar-refractivity contribution in [2.75, 3.05) is 11.9 Å². The molecule has 4 nitrogen and oxygen atoms in total. The van der Waals surface area contributed by atoms with Crippen LogP contribution in [0, 0.1) is 5.92 Å². The molecule has 0 radical (unpaired) electrons. The van der Waals surface area contributed by atoms with E-state index in [1.54, 1.807) is 0 Å². The molecule has 0 saturated carbocycles. The van der Waals surface area contributed by atoms with E-state index in [9.17, 15) is 0 Å². The van der Waals surface area contributed by atoms with E-state index in [4.69, 9.17) is 16.7 Å². The Bertz CT molecular complexity index is 349. The maximum atomic E-state index is 8.98. The van der Waals surface area contributed by atoms with Crippen molar-refractivity contribution in [2.45, 2.75) is 26.3 Å². The quantitative estimate of drug-likeness (QED) is 0.821. The van der Waals surface area contributed by atoms with Gasteiger partial charge in [-0.1, -0.05) is 25.4 Å². The first kappa shape index (κ1) is 13.7. The molecule has 0 aromatic carbocycles. The maximum absolute atomic E-state index is 8.98. The van der Waals surface area contributed by atoms with Crippen molar-refractivity contribution in [3.63, 3.8) is 0 Å². The summed E-state index contributed by atoms with van der Waals surface area (Å²) >= 11 is 9.19. The van der Waals surface area contributed by atoms with Gasteiger partial charge in [0.15, 0.2) is 0 Å². The van der Waals surface area contributed by atoms with Crippen LogP contribution in [0.25, 0.3) is 0 Å². The van der Waals surface area contributed by atoms with Gasteiger partial charge in [0.2, 0.25) is 0 Å². The number of aliphatic hydroxyl groups is 1. The van der Waals surface area contributed by atoms with Crippen LogP contribution in [-0.2, 0) is 0 Å². The minimum absolute atomic E-state index is 0.145. The Balaban J connectivity index is 2.81. The SMILES string of the molecule is CC(C)C(CCO)Nc1ncnc(Cl)c1Br. The molecule has 0 fully saturated rings. The molecule has 0 aliphatic rings. The molecule has 0 amide bonds. The van der Waals surface area contributed by atoms with Gasteiger partial charge in [0.1, 0.15) is 17.3 Å². The maximum Gasteiger partial charge on any atom is 0.148 e. The Hall–Kier alpha value is -0.390. The zero-order valence-corrected chi connectivity index (χ0v) is 11.6. The molecule has 16 heavy (non-hydrogen) atoms. The Morgan fingerprint density at radius 2 is 2.19 bits per heavy atom. The van der Waals surface area contributed by atoms with E-state index in [1.807, 2.05) is 0 Å². The van der Waals surface area contributed by atoms with Crippen LogP contribution in [0.3, 0.4) is 0 Å². The van der Waals surface area contributed by atoms with Gasteiger partial charge in [-0.05, 0) is 28.3 Å². The van der Waals surface area contributed by atoms with Crippen molar-refractivity contribution in [2.24, 2.45) is 5.92 Å². The Labute approximate surface area is 109 Å². The summed E-state index contributed by atoms with van der Waals surface area (Å²) in [5.74, 6) is 1.06. The van der Waals surface area contributed by atoms with E-state index in [0.29, 0.717) is 27.8 Å². The van der Waals surface area contributed by atoms with Gasteiger partial charge < -0.3 is 10.4 Å². The molecule has 1 unspecified atom stereocenters. The second kappa shape index (κ2) is 6.37. The molecule has 1 aromatic rings. The third-order valence-corrected chi connectivity index (χ3v) is 3.58. The van der Waals surface area contributed by atoms with Gasteiger partial charge in [0.25, 0.3) is 0 Å². The first-order valence-electron chi connectivity index (χ1n) is 5.09. The number of anilines is 1. The van der Waals surface area contributed by atoms with Gasteiger partial charge >= 0.3 is 0 Å². The van der Waals surface area contributed by atoms with Gasteiger partial charge in [-0.3, -0.25) is 0 Å². The number of aliphatic hydroxyl groups excluding tert-OH is 1. The van der Waals surface area contributed by atoms with E-state index < -0.39 is 0 Å². The largest absolute Gasteiger partial charge is 0.396 e. The van der Waals surface area contributed by atoms with Crippen LogP contribution < -0.4 is 5.32 Å². The van der Waals surface area contributed by atoms with E-state index in [2.05, 4.69) is 45.1 Å². The first-order chi connectivity index (χ1) is 7.56. The molecule has 1 rings (SSSR count). The molecule has 0 saturated heterocycles. The zero-order chi connectivity index (χ0) is 12.1. The van der Waals surface area contributed by atoms with Crippen molar-refractivity contribution in [3.05, 3.63) is 16.0 Å². The smallest absolute Gasteiger partial charge is 0.148 e. The summed E-state index contributed by atoms with van der Waals surface area (Å²) in [6.45, 7) is 4.32. The van der Waals surface area contributed by atoms with Gasteiger partial charge in [0.05, 0.1) is 4.47 Å². The average molecular weight is 309 g/mol. The summed E-state index contributed by atoms with van der Waals surface area (Å²) in [7, 11) is 0. The summed E-state index contributed by atoms with van der Waals surface area (Å²) < 4.78 is 0.653. The van der Waals surface area contributed by atoms with Crippen molar-refractivity contribution in [1.82, 2.24) is 9.97 Å². The lowest BCUT2D eigenvalue weighted by Gasteiger charge is -2.22.